The van der Waals surface area contributed by atoms with E-state index in [1.165, 1.54) is 6.08 Å². The molecule has 4 aromatic carbocycles. The number of rotatable bonds is 11. The number of ether oxygens (including phenoxy) is 3. The second-order valence-corrected chi connectivity index (χ2v) is 10.5. The number of carbonyl (C=O) groups is 1. The summed E-state index contributed by atoms with van der Waals surface area (Å²) in [5, 5.41) is 14.3. The molecule has 0 bridgehead atoms. The van der Waals surface area contributed by atoms with Crippen molar-refractivity contribution in [2.45, 2.75) is 20.1 Å². The maximum atomic E-state index is 12.9. The van der Waals surface area contributed by atoms with Gasteiger partial charge in [-0.3, -0.25) is 4.79 Å². The molecule has 6 nitrogen and oxygen atoms in total. The van der Waals surface area contributed by atoms with Crippen molar-refractivity contribution in [1.82, 2.24) is 0 Å². The molecule has 0 saturated heterocycles. The number of halogens is 4. The van der Waals surface area contributed by atoms with Gasteiger partial charge in [-0.2, -0.15) is 5.26 Å². The van der Waals surface area contributed by atoms with Crippen LogP contribution in [-0.2, 0) is 18.0 Å². The lowest BCUT2D eigenvalue weighted by Gasteiger charge is -2.15. The van der Waals surface area contributed by atoms with E-state index in [9.17, 15) is 10.1 Å². The molecule has 0 radical (unpaired) electrons. The summed E-state index contributed by atoms with van der Waals surface area (Å²) in [4.78, 5) is 12.9. The monoisotopic (exact) mass is 640 g/mol. The van der Waals surface area contributed by atoms with Crippen LogP contribution in [0.1, 0.15) is 23.6 Å². The Hall–Kier alpha value is -3.86. The highest BCUT2D eigenvalue weighted by Gasteiger charge is 2.16. The zero-order valence-electron chi connectivity index (χ0n) is 22.3. The van der Waals surface area contributed by atoms with Crippen LogP contribution in [0.4, 0.5) is 5.69 Å². The van der Waals surface area contributed by atoms with Crippen molar-refractivity contribution in [1.29, 1.82) is 5.26 Å². The van der Waals surface area contributed by atoms with Gasteiger partial charge in [0, 0.05) is 31.9 Å². The van der Waals surface area contributed by atoms with Crippen LogP contribution in [0.5, 0.6) is 17.2 Å². The van der Waals surface area contributed by atoms with Gasteiger partial charge in [0.1, 0.15) is 30.6 Å². The van der Waals surface area contributed by atoms with E-state index in [4.69, 9.17) is 60.6 Å². The minimum atomic E-state index is -0.589. The summed E-state index contributed by atoms with van der Waals surface area (Å²) in [6.07, 6.45) is 1.42. The van der Waals surface area contributed by atoms with Gasteiger partial charge in [-0.15, -0.1) is 0 Å². The van der Waals surface area contributed by atoms with Crippen LogP contribution in [-0.4, -0.2) is 12.5 Å². The number of nitrogens with zero attached hydrogens (tertiary/aromatic N) is 1. The molecule has 0 saturated carbocycles. The largest absolute Gasteiger partial charge is 0.490 e. The Balaban J connectivity index is 1.45. The predicted octanol–water partition coefficient (Wildman–Crippen LogP) is 9.40. The third-order valence-corrected chi connectivity index (χ3v) is 7.10. The van der Waals surface area contributed by atoms with Gasteiger partial charge in [-0.1, -0.05) is 70.7 Å². The molecule has 42 heavy (non-hydrogen) atoms. The van der Waals surface area contributed by atoms with E-state index in [1.54, 1.807) is 60.7 Å². The molecule has 0 heterocycles. The summed E-state index contributed by atoms with van der Waals surface area (Å²) >= 11 is 24.9. The fraction of sp³-hybridized carbons (Fsp3) is 0.125. The van der Waals surface area contributed by atoms with Crippen LogP contribution >= 0.6 is 46.4 Å². The summed E-state index contributed by atoms with van der Waals surface area (Å²) in [6.45, 7) is 2.58. The summed E-state index contributed by atoms with van der Waals surface area (Å²) in [7, 11) is 0. The molecule has 214 valence electrons. The molecule has 0 aliphatic carbocycles. The average Bonchev–Trinajstić information content (AvgIpc) is 2.97. The van der Waals surface area contributed by atoms with Crippen molar-refractivity contribution in [3.8, 4) is 23.3 Å². The van der Waals surface area contributed by atoms with Crippen molar-refractivity contribution in [3.63, 3.8) is 0 Å². The van der Waals surface area contributed by atoms with Gasteiger partial charge in [0.25, 0.3) is 5.91 Å². The minimum absolute atomic E-state index is 0.126. The molecule has 0 aliphatic heterocycles. The van der Waals surface area contributed by atoms with Crippen molar-refractivity contribution >= 4 is 64.1 Å². The van der Waals surface area contributed by atoms with Crippen molar-refractivity contribution in [2.75, 3.05) is 11.9 Å². The SMILES string of the molecule is CCOc1cc(/C=C(\C#N)C(=O)Nc2ccc(OCc3ccccc3Cl)cc2)cc(Cl)c1OCc1ccc(Cl)cc1Cl. The van der Waals surface area contributed by atoms with Crippen LogP contribution in [0.25, 0.3) is 6.08 Å². The first kappa shape index (κ1) is 31.1. The number of nitrogens with one attached hydrogen (secondary N) is 1. The van der Waals surface area contributed by atoms with E-state index in [0.29, 0.717) is 62.3 Å². The average molecular weight is 642 g/mol. The lowest BCUT2D eigenvalue weighted by molar-refractivity contribution is -0.112. The Morgan fingerprint density at radius 3 is 2.24 bits per heavy atom. The smallest absolute Gasteiger partial charge is 0.266 e. The highest BCUT2D eigenvalue weighted by molar-refractivity contribution is 6.35. The summed E-state index contributed by atoms with van der Waals surface area (Å²) in [5.41, 5.74) is 2.42. The Labute approximate surface area is 263 Å². The molecule has 4 rings (SSSR count). The molecule has 0 fully saturated rings. The van der Waals surface area contributed by atoms with E-state index in [-0.39, 0.29) is 17.2 Å². The number of anilines is 1. The van der Waals surface area contributed by atoms with Gasteiger partial charge in [-0.25, -0.2) is 0 Å². The van der Waals surface area contributed by atoms with E-state index in [0.717, 1.165) is 5.56 Å². The van der Waals surface area contributed by atoms with E-state index in [1.807, 2.05) is 31.2 Å². The van der Waals surface area contributed by atoms with E-state index in [2.05, 4.69) is 5.32 Å². The highest BCUT2D eigenvalue weighted by Crippen LogP contribution is 2.38. The second kappa shape index (κ2) is 14.9. The molecule has 1 N–H and O–H groups in total. The van der Waals surface area contributed by atoms with Gasteiger partial charge in [-0.05, 0) is 73.2 Å². The van der Waals surface area contributed by atoms with Crippen molar-refractivity contribution < 1.29 is 19.0 Å². The van der Waals surface area contributed by atoms with Crippen LogP contribution in [0.15, 0.2) is 84.4 Å². The van der Waals surface area contributed by atoms with Gasteiger partial charge >= 0.3 is 0 Å². The van der Waals surface area contributed by atoms with Gasteiger partial charge in [0.2, 0.25) is 0 Å². The lowest BCUT2D eigenvalue weighted by atomic mass is 10.1. The lowest BCUT2D eigenvalue weighted by Crippen LogP contribution is -2.13. The molecule has 0 aliphatic rings. The molecule has 4 aromatic rings. The number of carbonyl (C=O) groups excluding carboxylic acids is 1. The van der Waals surface area contributed by atoms with Crippen LogP contribution in [0.2, 0.25) is 20.1 Å². The molecule has 1 amide bonds. The summed E-state index contributed by atoms with van der Waals surface area (Å²) in [6, 6.07) is 24.5. The molecule has 10 heteroatoms. The standard InChI is InChI=1S/C32H24Cl4N2O4/c1-2-40-30-15-20(14-29(36)31(30)42-19-22-7-8-24(33)16-28(22)35)13-23(17-37)32(39)38-25-9-11-26(12-10-25)41-18-21-5-3-4-6-27(21)34/h3-16H,2,18-19H2,1H3,(H,38,39)/b23-13+. The van der Waals surface area contributed by atoms with Gasteiger partial charge < -0.3 is 19.5 Å². The van der Waals surface area contributed by atoms with Gasteiger partial charge in [0.15, 0.2) is 11.5 Å². The fourth-order valence-electron chi connectivity index (χ4n) is 3.79. The number of benzene rings is 4. The summed E-state index contributed by atoms with van der Waals surface area (Å²) < 4.78 is 17.4. The molecule has 0 aromatic heterocycles. The number of nitriles is 1. The second-order valence-electron chi connectivity index (χ2n) is 8.82. The Morgan fingerprint density at radius 1 is 0.833 bits per heavy atom. The third kappa shape index (κ3) is 8.34. The molecular weight excluding hydrogens is 618 g/mol. The van der Waals surface area contributed by atoms with Crippen LogP contribution in [0.3, 0.4) is 0 Å². The van der Waals surface area contributed by atoms with Gasteiger partial charge in [0.05, 0.1) is 11.6 Å². The predicted molar refractivity (Wildman–Crippen MR) is 168 cm³/mol. The number of amides is 1. The summed E-state index contributed by atoms with van der Waals surface area (Å²) in [5.74, 6) is 0.671. The first-order valence-corrected chi connectivity index (χ1v) is 14.2. The minimum Gasteiger partial charge on any atom is -0.490 e. The first-order valence-electron chi connectivity index (χ1n) is 12.7. The number of hydrogen-bond donors (Lipinski definition) is 1. The van der Waals surface area contributed by atoms with Crippen molar-refractivity contribution in [3.05, 3.63) is 121 Å². The molecule has 0 atom stereocenters. The zero-order valence-corrected chi connectivity index (χ0v) is 25.3. The maximum Gasteiger partial charge on any atom is 0.266 e. The molecule has 0 spiro atoms. The van der Waals surface area contributed by atoms with E-state index >= 15 is 0 Å². The maximum absolute atomic E-state index is 12.9. The topological polar surface area (TPSA) is 80.6 Å². The third-order valence-electron chi connectivity index (χ3n) is 5.86. The Morgan fingerprint density at radius 2 is 1.55 bits per heavy atom. The quantitative estimate of drug-likeness (QED) is 0.130. The van der Waals surface area contributed by atoms with E-state index < -0.39 is 5.91 Å². The highest BCUT2D eigenvalue weighted by atomic mass is 35.5. The fourth-order valence-corrected chi connectivity index (χ4v) is 4.71. The Bertz CT molecular complexity index is 1650. The molecule has 0 unspecified atom stereocenters. The van der Waals surface area contributed by atoms with Crippen molar-refractivity contribution in [2.24, 2.45) is 0 Å². The number of hydrogen-bond acceptors (Lipinski definition) is 5. The first-order chi connectivity index (χ1) is 20.3. The van der Waals surface area contributed by atoms with Crippen LogP contribution in [0, 0.1) is 11.3 Å². The zero-order chi connectivity index (χ0) is 30.1. The Kier molecular flexibility index (Phi) is 11.0. The normalized spacial score (nSPS) is 11.0. The molecular formula is C32H24Cl4N2O4. The van der Waals surface area contributed by atoms with Crippen LogP contribution < -0.4 is 19.5 Å².